The van der Waals surface area contributed by atoms with Crippen LogP contribution in [-0.2, 0) is 11.0 Å². The van der Waals surface area contributed by atoms with Crippen molar-refractivity contribution in [2.45, 2.75) is 29.4 Å². The number of carbonyl (C=O) groups is 1. The average Bonchev–Trinajstić information content (AvgIpc) is 3.23. The molecule has 0 radical (unpaired) electrons. The molecular formula is C13H11ClF3N5OS2. The summed E-state index contributed by atoms with van der Waals surface area (Å²) in [5, 5.41) is 13.9. The van der Waals surface area contributed by atoms with Crippen molar-refractivity contribution in [1.29, 1.82) is 0 Å². The van der Waals surface area contributed by atoms with Gasteiger partial charge in [0.1, 0.15) is 0 Å². The highest BCUT2D eigenvalue weighted by molar-refractivity contribution is 8.01. The fourth-order valence-corrected chi connectivity index (χ4v) is 3.55. The number of nitrogens with zero attached hydrogens (tertiary/aromatic N) is 3. The quantitative estimate of drug-likeness (QED) is 0.704. The Hall–Kier alpha value is -1.59. The lowest BCUT2D eigenvalue weighted by Gasteiger charge is -2.09. The van der Waals surface area contributed by atoms with E-state index in [9.17, 15) is 18.0 Å². The van der Waals surface area contributed by atoms with Crippen molar-refractivity contribution < 1.29 is 18.0 Å². The molecule has 2 N–H and O–H groups in total. The number of aromatic nitrogens is 3. The Balaban J connectivity index is 1.52. The van der Waals surface area contributed by atoms with E-state index in [0.29, 0.717) is 21.7 Å². The number of rotatable bonds is 6. The number of halogens is 4. The highest BCUT2D eigenvalue weighted by Gasteiger charge is 2.31. The number of thioether (sulfide) groups is 1. The molecule has 0 bridgehead atoms. The van der Waals surface area contributed by atoms with Crippen molar-refractivity contribution >= 4 is 51.6 Å². The maximum Gasteiger partial charge on any atom is 0.417 e. The van der Waals surface area contributed by atoms with Gasteiger partial charge < -0.3 is 10.6 Å². The second-order valence-corrected chi connectivity index (χ2v) is 7.79. The van der Waals surface area contributed by atoms with E-state index in [-0.39, 0.29) is 16.6 Å². The van der Waals surface area contributed by atoms with E-state index in [1.165, 1.54) is 23.1 Å². The van der Waals surface area contributed by atoms with Gasteiger partial charge in [-0.05, 0) is 18.9 Å². The van der Waals surface area contributed by atoms with Crippen molar-refractivity contribution in [2.75, 3.05) is 16.4 Å². The molecule has 0 aliphatic heterocycles. The molecule has 2 heterocycles. The van der Waals surface area contributed by atoms with Crippen LogP contribution in [0.1, 0.15) is 18.4 Å². The van der Waals surface area contributed by atoms with E-state index < -0.39 is 17.6 Å². The lowest BCUT2D eigenvalue weighted by atomic mass is 10.3. The number of anilines is 2. The van der Waals surface area contributed by atoms with Gasteiger partial charge in [0, 0.05) is 12.2 Å². The third-order valence-corrected chi connectivity index (χ3v) is 5.34. The number of nitrogens with one attached hydrogen (secondary N) is 2. The molecule has 0 aromatic carbocycles. The molecule has 3 rings (SSSR count). The third-order valence-electron chi connectivity index (χ3n) is 3.06. The number of hydrogen-bond acceptors (Lipinski definition) is 7. The van der Waals surface area contributed by atoms with Gasteiger partial charge in [0.15, 0.2) is 10.2 Å². The smallest absolute Gasteiger partial charge is 0.357 e. The zero-order valence-electron chi connectivity index (χ0n) is 12.4. The summed E-state index contributed by atoms with van der Waals surface area (Å²) in [6.07, 6.45) is -1.69. The maximum atomic E-state index is 12.5. The summed E-state index contributed by atoms with van der Waals surface area (Å²) in [5.74, 6) is -0.559. The Kier molecular flexibility index (Phi) is 5.35. The molecule has 0 unspecified atom stereocenters. The Morgan fingerprint density at radius 3 is 2.80 bits per heavy atom. The molecule has 1 saturated carbocycles. The van der Waals surface area contributed by atoms with Gasteiger partial charge in [0.25, 0.3) is 0 Å². The molecule has 1 amide bonds. The Morgan fingerprint density at radius 2 is 2.16 bits per heavy atom. The molecule has 2 aromatic rings. The predicted molar refractivity (Wildman–Crippen MR) is 90.2 cm³/mol. The van der Waals surface area contributed by atoms with E-state index >= 15 is 0 Å². The molecule has 12 heteroatoms. The molecule has 2 aromatic heterocycles. The first-order valence-corrected chi connectivity index (χ1v) is 9.24. The standard InChI is InChI=1S/C13H11ClF3N5OS2/c14-8-3-6(13(15,16)17)4-18-10(8)20-9(23)5-24-12-22-21-11(25-12)19-7-1-2-7/h3-4,7H,1-2,5H2,(H,19,21)(H,18,20,23). The van der Waals surface area contributed by atoms with Gasteiger partial charge in [-0.15, -0.1) is 10.2 Å². The Morgan fingerprint density at radius 1 is 1.40 bits per heavy atom. The highest BCUT2D eigenvalue weighted by Crippen LogP contribution is 2.33. The number of pyridine rings is 1. The summed E-state index contributed by atoms with van der Waals surface area (Å²) in [6.45, 7) is 0. The van der Waals surface area contributed by atoms with Crippen LogP contribution >= 0.6 is 34.7 Å². The van der Waals surface area contributed by atoms with E-state index in [1.807, 2.05) is 0 Å². The zero-order chi connectivity index (χ0) is 18.0. The largest absolute Gasteiger partial charge is 0.417 e. The molecule has 0 saturated heterocycles. The number of hydrogen-bond donors (Lipinski definition) is 2. The van der Waals surface area contributed by atoms with Crippen LogP contribution < -0.4 is 10.6 Å². The normalized spacial score (nSPS) is 14.4. The average molecular weight is 410 g/mol. The third kappa shape index (κ3) is 5.19. The van der Waals surface area contributed by atoms with Crippen molar-refractivity contribution in [3.05, 3.63) is 22.8 Å². The van der Waals surface area contributed by atoms with E-state index in [2.05, 4.69) is 25.8 Å². The highest BCUT2D eigenvalue weighted by atomic mass is 35.5. The molecule has 1 aliphatic carbocycles. The van der Waals surface area contributed by atoms with Crippen LogP contribution in [0.4, 0.5) is 24.1 Å². The number of amides is 1. The van der Waals surface area contributed by atoms with Crippen LogP contribution in [0.2, 0.25) is 5.02 Å². The minimum atomic E-state index is -4.54. The summed E-state index contributed by atoms with van der Waals surface area (Å²) in [5.41, 5.74) is -0.977. The monoisotopic (exact) mass is 409 g/mol. The van der Waals surface area contributed by atoms with E-state index in [1.54, 1.807) is 0 Å². The van der Waals surface area contributed by atoms with Gasteiger partial charge in [-0.1, -0.05) is 34.7 Å². The first kappa shape index (κ1) is 18.2. The minimum absolute atomic E-state index is 0.0110. The van der Waals surface area contributed by atoms with Crippen LogP contribution in [0.5, 0.6) is 0 Å². The first-order valence-electron chi connectivity index (χ1n) is 7.06. The van der Waals surface area contributed by atoms with Gasteiger partial charge in [-0.25, -0.2) is 4.98 Å². The van der Waals surface area contributed by atoms with Crippen molar-refractivity contribution in [2.24, 2.45) is 0 Å². The van der Waals surface area contributed by atoms with Gasteiger partial charge >= 0.3 is 6.18 Å². The topological polar surface area (TPSA) is 79.8 Å². The lowest BCUT2D eigenvalue weighted by molar-refractivity contribution is -0.137. The van der Waals surface area contributed by atoms with Crippen LogP contribution in [0.15, 0.2) is 16.6 Å². The number of alkyl halides is 3. The SMILES string of the molecule is O=C(CSc1nnc(NC2CC2)s1)Nc1ncc(C(F)(F)F)cc1Cl. The molecule has 134 valence electrons. The molecule has 1 aliphatic rings. The molecule has 1 fully saturated rings. The fraction of sp³-hybridized carbons (Fsp3) is 0.385. The summed E-state index contributed by atoms with van der Waals surface area (Å²) >= 11 is 8.25. The van der Waals surface area contributed by atoms with Crippen LogP contribution in [0.25, 0.3) is 0 Å². The number of carbonyl (C=O) groups excluding carboxylic acids is 1. The van der Waals surface area contributed by atoms with Gasteiger partial charge in [0.2, 0.25) is 11.0 Å². The zero-order valence-corrected chi connectivity index (χ0v) is 14.8. The van der Waals surface area contributed by atoms with Crippen LogP contribution in [0.3, 0.4) is 0 Å². The summed E-state index contributed by atoms with van der Waals surface area (Å²) in [7, 11) is 0. The van der Waals surface area contributed by atoms with Crippen LogP contribution in [-0.4, -0.2) is 32.9 Å². The van der Waals surface area contributed by atoms with E-state index in [4.69, 9.17) is 11.6 Å². The second-order valence-electron chi connectivity index (χ2n) is 5.18. The van der Waals surface area contributed by atoms with Crippen molar-refractivity contribution in [3.8, 4) is 0 Å². The Labute approximate surface area is 153 Å². The van der Waals surface area contributed by atoms with Gasteiger partial charge in [-0.3, -0.25) is 4.79 Å². The summed E-state index contributed by atoms with van der Waals surface area (Å²) in [6, 6.07) is 1.18. The molecular weight excluding hydrogens is 399 g/mol. The maximum absolute atomic E-state index is 12.5. The van der Waals surface area contributed by atoms with Crippen molar-refractivity contribution in [1.82, 2.24) is 15.2 Å². The molecule has 0 atom stereocenters. The molecule has 25 heavy (non-hydrogen) atoms. The fourth-order valence-electron chi connectivity index (χ4n) is 1.71. The molecule has 0 spiro atoms. The molecule has 6 nitrogen and oxygen atoms in total. The second kappa shape index (κ2) is 7.34. The lowest BCUT2D eigenvalue weighted by Crippen LogP contribution is -2.16. The van der Waals surface area contributed by atoms with Crippen molar-refractivity contribution in [3.63, 3.8) is 0 Å². The van der Waals surface area contributed by atoms with Gasteiger partial charge in [0.05, 0.1) is 16.3 Å². The van der Waals surface area contributed by atoms with Crippen LogP contribution in [0, 0.1) is 0 Å². The predicted octanol–water partition coefficient (Wildman–Crippen LogP) is 3.91. The Bertz CT molecular complexity index is 781. The summed E-state index contributed by atoms with van der Waals surface area (Å²) < 4.78 is 38.3. The summed E-state index contributed by atoms with van der Waals surface area (Å²) in [4.78, 5) is 15.5. The first-order chi connectivity index (χ1) is 11.8. The van der Waals surface area contributed by atoms with Gasteiger partial charge in [-0.2, -0.15) is 13.2 Å². The van der Waals surface area contributed by atoms with E-state index in [0.717, 1.165) is 18.9 Å². The minimum Gasteiger partial charge on any atom is -0.357 e.